The number of hydrogen-bond acceptors (Lipinski definition) is 0. The van der Waals surface area contributed by atoms with Gasteiger partial charge in [-0.25, -0.2) is 0 Å². The molecule has 122 valence electrons. The first-order chi connectivity index (χ1) is 11.6. The molecule has 24 heavy (non-hydrogen) atoms. The molecule has 0 aliphatic rings. The Kier molecular flexibility index (Phi) is 4.82. The third-order valence-corrected chi connectivity index (χ3v) is 4.57. The van der Waals surface area contributed by atoms with Crippen molar-refractivity contribution in [3.05, 3.63) is 89.5 Å². The number of hydrogen-bond donors (Lipinski definition) is 0. The molecule has 0 fully saturated rings. The number of benzene rings is 3. The Morgan fingerprint density at radius 3 is 2.33 bits per heavy atom. The fraction of sp³-hybridized carbons (Fsp3) is 0.217. The summed E-state index contributed by atoms with van der Waals surface area (Å²) in [5.74, 6) is 0. The van der Waals surface area contributed by atoms with Crippen LogP contribution >= 0.6 is 0 Å². The predicted molar refractivity (Wildman–Crippen MR) is 105 cm³/mol. The van der Waals surface area contributed by atoms with E-state index in [2.05, 4.69) is 99.9 Å². The van der Waals surface area contributed by atoms with Crippen molar-refractivity contribution in [1.29, 1.82) is 0 Å². The average molecular weight is 316 g/mol. The van der Waals surface area contributed by atoms with E-state index < -0.39 is 0 Å². The van der Waals surface area contributed by atoms with Crippen LogP contribution in [0.4, 0.5) is 0 Å². The molecule has 3 rings (SSSR count). The zero-order valence-corrected chi connectivity index (χ0v) is 14.9. The second kappa shape index (κ2) is 7.02. The molecule has 0 saturated heterocycles. The van der Waals surface area contributed by atoms with Gasteiger partial charge >= 0.3 is 0 Å². The van der Waals surface area contributed by atoms with E-state index >= 15 is 0 Å². The summed E-state index contributed by atoms with van der Waals surface area (Å²) in [6.45, 7) is 4.27. The molecule has 0 saturated carbocycles. The highest BCUT2D eigenvalue weighted by Crippen LogP contribution is 2.25. The van der Waals surface area contributed by atoms with E-state index in [0.29, 0.717) is 0 Å². The number of nitrogens with zero attached hydrogens (tertiary/aromatic N) is 1. The van der Waals surface area contributed by atoms with Crippen LogP contribution in [0.25, 0.3) is 16.8 Å². The molecule has 0 amide bonds. The molecule has 0 heterocycles. The molecule has 0 spiro atoms. The van der Waals surface area contributed by atoms with Gasteiger partial charge in [0.05, 0.1) is 20.6 Å². The van der Waals surface area contributed by atoms with Gasteiger partial charge in [-0.05, 0) is 34.9 Å². The van der Waals surface area contributed by atoms with Gasteiger partial charge in [0.2, 0.25) is 0 Å². The normalized spacial score (nSPS) is 12.1. The van der Waals surface area contributed by atoms with Crippen LogP contribution in [0.1, 0.15) is 16.7 Å². The van der Waals surface area contributed by atoms with Gasteiger partial charge in [-0.2, -0.15) is 0 Å². The summed E-state index contributed by atoms with van der Waals surface area (Å²) in [5.41, 5.74) is 4.11. The molecule has 3 aromatic carbocycles. The molecule has 1 heteroatoms. The Bertz CT molecular complexity index is 844. The standard InChI is InChI=1S/C23H26N/c1-19-15-16-21-13-7-8-14-22(21)23(19)18-24(2,3)17-9-12-20-10-5-4-6-11-20/h4-16H,17-18H2,1-3H3/q+1/b12-9-. The lowest BCUT2D eigenvalue weighted by Crippen LogP contribution is -2.39. The monoisotopic (exact) mass is 316 g/mol. The van der Waals surface area contributed by atoms with Crippen molar-refractivity contribution in [2.45, 2.75) is 13.5 Å². The smallest absolute Gasteiger partial charge is 0.105 e. The zero-order valence-electron chi connectivity index (χ0n) is 14.9. The maximum absolute atomic E-state index is 2.30. The Morgan fingerprint density at radius 2 is 1.54 bits per heavy atom. The number of quaternary nitrogens is 1. The van der Waals surface area contributed by atoms with E-state index in [0.717, 1.165) is 17.6 Å². The summed E-state index contributed by atoms with van der Waals surface area (Å²) in [7, 11) is 4.60. The third-order valence-electron chi connectivity index (χ3n) is 4.57. The van der Waals surface area contributed by atoms with E-state index in [4.69, 9.17) is 0 Å². The number of rotatable bonds is 5. The van der Waals surface area contributed by atoms with E-state index in [1.807, 2.05) is 0 Å². The van der Waals surface area contributed by atoms with Crippen LogP contribution in [0, 0.1) is 6.92 Å². The Hall–Kier alpha value is -2.38. The second-order valence-corrected chi connectivity index (χ2v) is 7.17. The highest BCUT2D eigenvalue weighted by molar-refractivity contribution is 5.86. The van der Waals surface area contributed by atoms with Crippen LogP contribution in [0.3, 0.4) is 0 Å². The lowest BCUT2D eigenvalue weighted by Gasteiger charge is -2.30. The molecule has 0 bridgehead atoms. The van der Waals surface area contributed by atoms with Crippen molar-refractivity contribution >= 4 is 16.8 Å². The Morgan fingerprint density at radius 1 is 0.833 bits per heavy atom. The van der Waals surface area contributed by atoms with Crippen LogP contribution in [-0.4, -0.2) is 25.1 Å². The lowest BCUT2D eigenvalue weighted by atomic mass is 9.99. The van der Waals surface area contributed by atoms with Gasteiger partial charge in [-0.1, -0.05) is 72.8 Å². The van der Waals surface area contributed by atoms with Crippen LogP contribution in [0.2, 0.25) is 0 Å². The van der Waals surface area contributed by atoms with Crippen molar-refractivity contribution in [2.24, 2.45) is 0 Å². The Balaban J connectivity index is 1.79. The first-order valence-corrected chi connectivity index (χ1v) is 8.56. The van der Waals surface area contributed by atoms with Crippen LogP contribution in [0.5, 0.6) is 0 Å². The molecule has 1 nitrogen and oxygen atoms in total. The van der Waals surface area contributed by atoms with Crippen molar-refractivity contribution < 1.29 is 4.48 Å². The minimum Gasteiger partial charge on any atom is -0.321 e. The van der Waals surface area contributed by atoms with Gasteiger partial charge in [0, 0.05) is 5.56 Å². The molecule has 0 aliphatic carbocycles. The molecule has 0 unspecified atom stereocenters. The summed E-state index contributed by atoms with van der Waals surface area (Å²) in [4.78, 5) is 0. The topological polar surface area (TPSA) is 0 Å². The van der Waals surface area contributed by atoms with Gasteiger partial charge in [0.25, 0.3) is 0 Å². The first-order valence-electron chi connectivity index (χ1n) is 8.56. The lowest BCUT2D eigenvalue weighted by molar-refractivity contribution is -0.897. The van der Waals surface area contributed by atoms with Crippen molar-refractivity contribution in [2.75, 3.05) is 20.6 Å². The molecule has 0 aliphatic heterocycles. The second-order valence-electron chi connectivity index (χ2n) is 7.17. The number of fused-ring (bicyclic) bond motifs is 1. The van der Waals surface area contributed by atoms with Crippen LogP contribution in [0.15, 0.2) is 72.8 Å². The fourth-order valence-corrected chi connectivity index (χ4v) is 3.19. The zero-order chi connectivity index (χ0) is 17.0. The van der Waals surface area contributed by atoms with E-state index in [1.54, 1.807) is 0 Å². The van der Waals surface area contributed by atoms with Crippen molar-refractivity contribution in [3.8, 4) is 0 Å². The summed E-state index contributed by atoms with van der Waals surface area (Å²) in [6, 6.07) is 23.7. The molecular weight excluding hydrogens is 290 g/mol. The molecular formula is C23H26N+. The summed E-state index contributed by atoms with van der Waals surface area (Å²) in [5, 5.41) is 2.72. The maximum Gasteiger partial charge on any atom is 0.105 e. The van der Waals surface area contributed by atoms with Crippen LogP contribution in [-0.2, 0) is 6.54 Å². The predicted octanol–water partition coefficient (Wildman–Crippen LogP) is 5.44. The quantitative estimate of drug-likeness (QED) is 0.550. The average Bonchev–Trinajstić information content (AvgIpc) is 2.58. The Labute approximate surface area is 145 Å². The summed E-state index contributed by atoms with van der Waals surface area (Å²) >= 11 is 0. The molecule has 0 N–H and O–H groups in total. The molecule has 0 aromatic heterocycles. The third kappa shape index (κ3) is 3.93. The molecule has 0 radical (unpaired) electrons. The van der Waals surface area contributed by atoms with Gasteiger partial charge in [0.1, 0.15) is 6.54 Å². The number of likely N-dealkylation sites (N-methyl/N-ethyl adjacent to an activating group) is 1. The molecule has 0 atom stereocenters. The minimum atomic E-state index is 0.943. The van der Waals surface area contributed by atoms with E-state index in [-0.39, 0.29) is 0 Å². The SMILES string of the molecule is Cc1ccc2ccccc2c1C[N+](C)(C)C/C=C\c1ccccc1. The largest absolute Gasteiger partial charge is 0.321 e. The van der Waals surface area contributed by atoms with Crippen molar-refractivity contribution in [3.63, 3.8) is 0 Å². The van der Waals surface area contributed by atoms with Gasteiger partial charge < -0.3 is 4.48 Å². The summed E-state index contributed by atoms with van der Waals surface area (Å²) in [6.07, 6.45) is 4.51. The van der Waals surface area contributed by atoms with Gasteiger partial charge in [0.15, 0.2) is 0 Å². The van der Waals surface area contributed by atoms with E-state index in [1.165, 1.54) is 27.5 Å². The highest BCUT2D eigenvalue weighted by atomic mass is 15.3. The molecule has 3 aromatic rings. The van der Waals surface area contributed by atoms with Crippen molar-refractivity contribution in [1.82, 2.24) is 0 Å². The summed E-state index contributed by atoms with van der Waals surface area (Å²) < 4.78 is 0.943. The maximum atomic E-state index is 2.30. The fourth-order valence-electron chi connectivity index (χ4n) is 3.19. The number of aryl methyl sites for hydroxylation is 1. The minimum absolute atomic E-state index is 0.943. The highest BCUT2D eigenvalue weighted by Gasteiger charge is 2.17. The van der Waals surface area contributed by atoms with Gasteiger partial charge in [-0.15, -0.1) is 0 Å². The van der Waals surface area contributed by atoms with Crippen LogP contribution < -0.4 is 0 Å². The van der Waals surface area contributed by atoms with Gasteiger partial charge in [-0.3, -0.25) is 0 Å². The first kappa shape index (κ1) is 16.5. The van der Waals surface area contributed by atoms with E-state index in [9.17, 15) is 0 Å².